The molecule has 1 aliphatic heterocycles. The van der Waals surface area contributed by atoms with Crippen LogP contribution in [0, 0.1) is 0 Å². The summed E-state index contributed by atoms with van der Waals surface area (Å²) >= 11 is 3.64. The summed E-state index contributed by atoms with van der Waals surface area (Å²) in [6.45, 7) is 0. The first-order chi connectivity index (χ1) is 21.3. The summed E-state index contributed by atoms with van der Waals surface area (Å²) in [4.78, 5) is 6.25. The van der Waals surface area contributed by atoms with Crippen LogP contribution in [0.3, 0.4) is 0 Å². The monoisotopic (exact) mass is 583 g/mol. The molecule has 1 aliphatic rings. The van der Waals surface area contributed by atoms with Gasteiger partial charge >= 0.3 is 0 Å². The summed E-state index contributed by atoms with van der Waals surface area (Å²) in [5, 5.41) is 9.95. The average Bonchev–Trinajstić information content (AvgIpc) is 3.62. The Bertz CT molecular complexity index is 2250. The normalized spacial score (nSPS) is 12.5. The molecule has 0 fully saturated rings. The summed E-state index contributed by atoms with van der Waals surface area (Å²) < 4.78 is 0. The van der Waals surface area contributed by atoms with Gasteiger partial charge in [0.25, 0.3) is 0 Å². The van der Waals surface area contributed by atoms with Crippen molar-refractivity contribution in [3.05, 3.63) is 151 Å². The number of hydrogen-bond donors (Lipinski definition) is 0. The van der Waals surface area contributed by atoms with Gasteiger partial charge in [0, 0.05) is 20.4 Å². The molecule has 0 saturated heterocycles. The summed E-state index contributed by atoms with van der Waals surface area (Å²) in [5.74, 6) is 0. The molecule has 1 aromatic heterocycles. The van der Waals surface area contributed by atoms with Gasteiger partial charge in [-0.1, -0.05) is 103 Å². The Morgan fingerprint density at radius 1 is 0.395 bits per heavy atom. The predicted molar refractivity (Wildman–Crippen MR) is 187 cm³/mol. The third kappa shape index (κ3) is 4.00. The van der Waals surface area contributed by atoms with E-state index in [4.69, 9.17) is 0 Å². The number of anilines is 3. The van der Waals surface area contributed by atoms with Gasteiger partial charge in [0.05, 0.1) is 11.4 Å². The van der Waals surface area contributed by atoms with E-state index in [1.807, 2.05) is 11.8 Å². The highest BCUT2D eigenvalue weighted by molar-refractivity contribution is 7.99. The van der Waals surface area contributed by atoms with Crippen LogP contribution in [0.25, 0.3) is 53.9 Å². The molecule has 0 unspecified atom stereocenters. The van der Waals surface area contributed by atoms with Crippen LogP contribution in [-0.2, 0) is 0 Å². The van der Waals surface area contributed by atoms with E-state index in [2.05, 4.69) is 156 Å². The molecule has 2 heterocycles. The minimum atomic E-state index is 1.17. The summed E-state index contributed by atoms with van der Waals surface area (Å²) in [7, 11) is 0. The van der Waals surface area contributed by atoms with Crippen molar-refractivity contribution in [1.82, 2.24) is 0 Å². The number of thiophene rings is 1. The second-order valence-corrected chi connectivity index (χ2v) is 13.0. The van der Waals surface area contributed by atoms with Crippen molar-refractivity contribution in [3.8, 4) is 21.6 Å². The van der Waals surface area contributed by atoms with E-state index in [-0.39, 0.29) is 0 Å². The molecular weight excluding hydrogens is 559 g/mol. The molecule has 0 saturated carbocycles. The van der Waals surface area contributed by atoms with E-state index in [1.165, 1.54) is 80.7 Å². The van der Waals surface area contributed by atoms with Gasteiger partial charge in [0.2, 0.25) is 0 Å². The van der Waals surface area contributed by atoms with Gasteiger partial charge in [-0.25, -0.2) is 0 Å². The fraction of sp³-hybridized carbons (Fsp3) is 0. The molecule has 8 aromatic rings. The third-order valence-corrected chi connectivity index (χ3v) is 10.5. The van der Waals surface area contributed by atoms with Crippen LogP contribution in [0.1, 0.15) is 0 Å². The zero-order chi connectivity index (χ0) is 28.3. The molecular formula is C40H25NS2. The van der Waals surface area contributed by atoms with E-state index in [0.717, 1.165) is 0 Å². The fourth-order valence-electron chi connectivity index (χ4n) is 6.56. The van der Waals surface area contributed by atoms with Gasteiger partial charge in [0.15, 0.2) is 0 Å². The number of fused-ring (bicyclic) bond motifs is 8. The minimum absolute atomic E-state index is 1.17. The lowest BCUT2D eigenvalue weighted by atomic mass is 9.91. The second-order valence-electron chi connectivity index (χ2n) is 11.0. The Hall–Kier alpha value is -4.83. The number of nitrogens with zero attached hydrogens (tertiary/aromatic N) is 1. The fourth-order valence-corrected chi connectivity index (χ4v) is 8.33. The molecule has 0 bridgehead atoms. The van der Waals surface area contributed by atoms with Gasteiger partial charge in [-0.3, -0.25) is 0 Å². The smallest absolute Gasteiger partial charge is 0.0601 e. The van der Waals surface area contributed by atoms with E-state index in [0.29, 0.717) is 0 Å². The Morgan fingerprint density at radius 2 is 0.953 bits per heavy atom. The van der Waals surface area contributed by atoms with Gasteiger partial charge < -0.3 is 4.90 Å². The highest BCUT2D eigenvalue weighted by atomic mass is 32.2. The van der Waals surface area contributed by atoms with Crippen molar-refractivity contribution >= 4 is 72.5 Å². The van der Waals surface area contributed by atoms with Crippen LogP contribution in [-0.4, -0.2) is 0 Å². The topological polar surface area (TPSA) is 3.24 Å². The van der Waals surface area contributed by atoms with Crippen LogP contribution in [0.2, 0.25) is 0 Å². The Balaban J connectivity index is 1.31. The maximum atomic E-state index is 2.44. The molecule has 3 heteroatoms. The van der Waals surface area contributed by atoms with Crippen molar-refractivity contribution < 1.29 is 0 Å². The first kappa shape index (κ1) is 24.7. The lowest BCUT2D eigenvalue weighted by Gasteiger charge is -2.33. The van der Waals surface area contributed by atoms with Crippen molar-refractivity contribution in [2.75, 3.05) is 4.90 Å². The van der Waals surface area contributed by atoms with E-state index in [1.54, 1.807) is 11.3 Å². The molecule has 1 nitrogen and oxygen atoms in total. The van der Waals surface area contributed by atoms with Gasteiger partial charge in [-0.05, 0) is 109 Å². The number of benzene rings is 7. The SMILES string of the molecule is c1csc(-c2cc(-c3ccc4c5ccccc5c5ccccc5c4c3)cc(N3c4ccccc4Sc4ccccc43)c2)c1. The van der Waals surface area contributed by atoms with Crippen LogP contribution in [0.15, 0.2) is 161 Å². The maximum Gasteiger partial charge on any atom is 0.0601 e. The van der Waals surface area contributed by atoms with E-state index >= 15 is 0 Å². The quantitative estimate of drug-likeness (QED) is 0.190. The first-order valence-corrected chi connectivity index (χ1v) is 16.2. The summed E-state index contributed by atoms with van der Waals surface area (Å²) in [6, 6.07) is 53.5. The van der Waals surface area contributed by atoms with Crippen LogP contribution in [0.5, 0.6) is 0 Å². The molecule has 0 amide bonds. The Kier molecular flexibility index (Phi) is 5.68. The third-order valence-electron chi connectivity index (χ3n) is 8.49. The molecule has 7 aromatic carbocycles. The molecule has 202 valence electrons. The zero-order valence-corrected chi connectivity index (χ0v) is 24.8. The maximum absolute atomic E-state index is 2.44. The highest BCUT2D eigenvalue weighted by Crippen LogP contribution is 2.52. The summed E-state index contributed by atoms with van der Waals surface area (Å²) in [6.07, 6.45) is 0. The van der Waals surface area contributed by atoms with Crippen molar-refractivity contribution in [2.24, 2.45) is 0 Å². The largest absolute Gasteiger partial charge is 0.308 e. The van der Waals surface area contributed by atoms with E-state index in [9.17, 15) is 0 Å². The van der Waals surface area contributed by atoms with E-state index < -0.39 is 0 Å². The molecule has 0 N–H and O–H groups in total. The lowest BCUT2D eigenvalue weighted by molar-refractivity contribution is 1.17. The van der Waals surface area contributed by atoms with Gasteiger partial charge in [-0.15, -0.1) is 11.3 Å². The molecule has 0 aliphatic carbocycles. The highest BCUT2D eigenvalue weighted by Gasteiger charge is 2.25. The average molecular weight is 584 g/mol. The zero-order valence-electron chi connectivity index (χ0n) is 23.2. The minimum Gasteiger partial charge on any atom is -0.308 e. The number of rotatable bonds is 3. The molecule has 43 heavy (non-hydrogen) atoms. The standard InChI is InChI=1S/C40H25NS2/c1-2-12-32-30(10-1)31-11-3-4-13-33(31)35-25-26(19-20-34(32)35)27-22-28(38-18-9-21-42-38)24-29(23-27)41-36-14-5-7-16-39(36)43-40-17-8-6-15-37(40)41/h1-25H. The predicted octanol–water partition coefficient (Wildman–Crippen LogP) is 12.5. The lowest BCUT2D eigenvalue weighted by Crippen LogP contribution is -2.14. The second kappa shape index (κ2) is 9.88. The van der Waals surface area contributed by atoms with Crippen molar-refractivity contribution in [3.63, 3.8) is 0 Å². The summed E-state index contributed by atoms with van der Waals surface area (Å²) in [5.41, 5.74) is 7.28. The van der Waals surface area contributed by atoms with Crippen molar-refractivity contribution in [2.45, 2.75) is 9.79 Å². The first-order valence-electron chi connectivity index (χ1n) is 14.5. The molecule has 0 atom stereocenters. The van der Waals surface area contributed by atoms with Gasteiger partial charge in [0.1, 0.15) is 0 Å². The van der Waals surface area contributed by atoms with Crippen molar-refractivity contribution in [1.29, 1.82) is 0 Å². The Labute approximate surface area is 258 Å². The van der Waals surface area contributed by atoms with Crippen LogP contribution in [0.4, 0.5) is 17.1 Å². The van der Waals surface area contributed by atoms with Gasteiger partial charge in [-0.2, -0.15) is 0 Å². The number of hydrogen-bond acceptors (Lipinski definition) is 3. The van der Waals surface area contributed by atoms with Crippen LogP contribution < -0.4 is 4.90 Å². The molecule has 0 spiro atoms. The Morgan fingerprint density at radius 3 is 1.58 bits per heavy atom. The molecule has 9 rings (SSSR count). The molecule has 0 radical (unpaired) electrons. The van der Waals surface area contributed by atoms with Crippen LogP contribution >= 0.6 is 23.1 Å². The number of para-hydroxylation sites is 2.